The zero-order chi connectivity index (χ0) is 19.2. The third kappa shape index (κ3) is 2.18. The number of hydrogen-bond donors (Lipinski definition) is 1. The quantitative estimate of drug-likeness (QED) is 0.808. The van der Waals surface area contributed by atoms with Gasteiger partial charge in [0.15, 0.2) is 17.1 Å². The summed E-state index contributed by atoms with van der Waals surface area (Å²) in [6, 6.07) is 4.25. The molecule has 146 valence electrons. The fourth-order valence-electron chi connectivity index (χ4n) is 5.77. The summed E-state index contributed by atoms with van der Waals surface area (Å²) in [5.41, 5.74) is 0.938. The molecule has 4 atom stereocenters. The average molecular weight is 388 g/mol. The molecule has 4 aliphatic rings. The van der Waals surface area contributed by atoms with Gasteiger partial charge in [0.2, 0.25) is 8.32 Å². The van der Waals surface area contributed by atoms with Crippen molar-refractivity contribution in [3.05, 3.63) is 35.1 Å². The maximum absolute atomic E-state index is 12.0. The first-order chi connectivity index (χ1) is 12.7. The van der Waals surface area contributed by atoms with E-state index in [1.54, 1.807) is 7.11 Å². The monoisotopic (exact) mass is 387 g/mol. The number of ether oxygens (including phenoxy) is 2. The topological polar surface area (TPSA) is 51.2 Å². The van der Waals surface area contributed by atoms with Crippen molar-refractivity contribution in [3.8, 4) is 11.5 Å². The highest BCUT2D eigenvalue weighted by molar-refractivity contribution is 6.70. The van der Waals surface area contributed by atoms with Gasteiger partial charge in [-0.3, -0.25) is 0 Å². The van der Waals surface area contributed by atoms with Crippen LogP contribution in [0.4, 0.5) is 0 Å². The molecule has 1 saturated heterocycles. The molecule has 0 amide bonds. The molecule has 27 heavy (non-hydrogen) atoms. The summed E-state index contributed by atoms with van der Waals surface area (Å²) in [4.78, 5) is 2.32. The summed E-state index contributed by atoms with van der Waals surface area (Å²) in [7, 11) is 1.99. The molecule has 1 aromatic carbocycles. The van der Waals surface area contributed by atoms with E-state index in [1.807, 2.05) is 6.07 Å². The van der Waals surface area contributed by atoms with Crippen molar-refractivity contribution in [2.45, 2.75) is 62.1 Å². The van der Waals surface area contributed by atoms with Crippen LogP contribution in [0, 0.1) is 0 Å². The highest BCUT2D eigenvalue weighted by atomic mass is 28.4. The molecule has 0 saturated carbocycles. The van der Waals surface area contributed by atoms with Gasteiger partial charge in [-0.25, -0.2) is 0 Å². The number of hydrogen-bond acceptors (Lipinski definition) is 5. The molecule has 5 rings (SSSR count). The second-order valence-corrected chi connectivity index (χ2v) is 14.0. The molecular weight excluding hydrogens is 358 g/mol. The van der Waals surface area contributed by atoms with E-state index in [-0.39, 0.29) is 12.0 Å². The third-order valence-corrected chi connectivity index (χ3v) is 7.65. The Morgan fingerprint density at radius 3 is 2.78 bits per heavy atom. The van der Waals surface area contributed by atoms with Gasteiger partial charge in [0.25, 0.3) is 0 Å². The molecule has 2 aliphatic heterocycles. The van der Waals surface area contributed by atoms with Gasteiger partial charge in [-0.05, 0) is 50.8 Å². The van der Waals surface area contributed by atoms with Gasteiger partial charge in [-0.15, -0.1) is 0 Å². The molecule has 2 heterocycles. The van der Waals surface area contributed by atoms with E-state index >= 15 is 0 Å². The van der Waals surface area contributed by atoms with Crippen LogP contribution in [0.5, 0.6) is 11.5 Å². The first kappa shape index (κ1) is 17.6. The Hall–Kier alpha value is -1.50. The number of aliphatic hydroxyl groups is 1. The van der Waals surface area contributed by atoms with E-state index in [0.29, 0.717) is 6.42 Å². The standard InChI is InChI=1S/C21H29NO4Si/c1-22-11-10-21-16(26-27(3,4)5)8-9-20(23)15(22)12-13-6-7-14(24-2)18(25-21)17(13)19(20)21/h6-8,15,19,23H,9-12H2,1-5H3/t15-,19?,20?,21?/m1/s1. The minimum Gasteiger partial charge on any atom is -0.545 e. The van der Waals surface area contributed by atoms with Gasteiger partial charge in [0, 0.05) is 31.0 Å². The predicted molar refractivity (Wildman–Crippen MR) is 106 cm³/mol. The maximum Gasteiger partial charge on any atom is 0.241 e. The van der Waals surface area contributed by atoms with Crippen molar-refractivity contribution >= 4 is 8.32 Å². The van der Waals surface area contributed by atoms with Crippen LogP contribution in [-0.2, 0) is 10.8 Å². The first-order valence-corrected chi connectivity index (χ1v) is 13.3. The molecule has 1 aromatic rings. The van der Waals surface area contributed by atoms with Crippen LogP contribution in [0.2, 0.25) is 19.6 Å². The van der Waals surface area contributed by atoms with Crippen LogP contribution < -0.4 is 9.47 Å². The van der Waals surface area contributed by atoms with E-state index in [9.17, 15) is 5.11 Å². The molecule has 4 bridgehead atoms. The summed E-state index contributed by atoms with van der Waals surface area (Å²) < 4.78 is 19.0. The van der Waals surface area contributed by atoms with Crippen LogP contribution in [0.25, 0.3) is 0 Å². The number of likely N-dealkylation sites (tertiary alicyclic amines) is 1. The lowest BCUT2D eigenvalue weighted by Crippen LogP contribution is -2.62. The van der Waals surface area contributed by atoms with Crippen molar-refractivity contribution in [3.63, 3.8) is 0 Å². The lowest BCUT2D eigenvalue weighted by molar-refractivity contribution is -0.0939. The number of likely N-dealkylation sites (N-methyl/N-ethyl adjacent to an activating group) is 1. The SMILES string of the molecule is COc1ccc2c3c1OC14CCN(C)[C@H](C2)C(O)(CC=C1O[Si](C)(C)C)C34. The lowest BCUT2D eigenvalue weighted by atomic mass is 9.59. The minimum absolute atomic E-state index is 0.0875. The van der Waals surface area contributed by atoms with Crippen molar-refractivity contribution in [1.29, 1.82) is 0 Å². The summed E-state index contributed by atoms with van der Waals surface area (Å²) >= 11 is 0. The number of methoxy groups -OCH3 is 1. The Balaban J connectivity index is 1.78. The highest BCUT2D eigenvalue weighted by Gasteiger charge is 2.69. The second-order valence-electron chi connectivity index (χ2n) is 9.52. The van der Waals surface area contributed by atoms with E-state index in [2.05, 4.69) is 43.7 Å². The normalized spacial score (nSPS) is 36.6. The van der Waals surface area contributed by atoms with Crippen LogP contribution in [0.15, 0.2) is 24.0 Å². The van der Waals surface area contributed by atoms with Crippen LogP contribution in [0.1, 0.15) is 29.9 Å². The van der Waals surface area contributed by atoms with E-state index in [4.69, 9.17) is 13.9 Å². The molecule has 0 aromatic heterocycles. The van der Waals surface area contributed by atoms with Crippen LogP contribution in [0.3, 0.4) is 0 Å². The van der Waals surface area contributed by atoms with Gasteiger partial charge in [-0.2, -0.15) is 0 Å². The average Bonchev–Trinajstić information content (AvgIpc) is 2.96. The number of rotatable bonds is 3. The van der Waals surface area contributed by atoms with Gasteiger partial charge >= 0.3 is 0 Å². The summed E-state index contributed by atoms with van der Waals surface area (Å²) in [6.07, 6.45) is 4.37. The van der Waals surface area contributed by atoms with Crippen LogP contribution >= 0.6 is 0 Å². The fourth-order valence-corrected chi connectivity index (χ4v) is 6.69. The van der Waals surface area contributed by atoms with Crippen molar-refractivity contribution in [2.75, 3.05) is 20.7 Å². The Kier molecular flexibility index (Phi) is 3.45. The Bertz CT molecular complexity index is 847. The Morgan fingerprint density at radius 1 is 1.30 bits per heavy atom. The molecule has 0 spiro atoms. The maximum atomic E-state index is 12.0. The largest absolute Gasteiger partial charge is 0.545 e. The van der Waals surface area contributed by atoms with Gasteiger partial charge in [0.1, 0.15) is 5.76 Å². The highest BCUT2D eigenvalue weighted by Crippen LogP contribution is 2.65. The number of benzene rings is 1. The van der Waals surface area contributed by atoms with Crippen molar-refractivity contribution in [2.24, 2.45) is 0 Å². The summed E-state index contributed by atoms with van der Waals surface area (Å²) in [6.45, 7) is 7.47. The van der Waals surface area contributed by atoms with Crippen molar-refractivity contribution in [1.82, 2.24) is 4.90 Å². The Morgan fingerprint density at radius 2 is 2.07 bits per heavy atom. The van der Waals surface area contributed by atoms with Crippen LogP contribution in [-0.4, -0.2) is 56.3 Å². The lowest BCUT2D eigenvalue weighted by Gasteiger charge is -2.52. The zero-order valence-electron chi connectivity index (χ0n) is 16.8. The molecule has 5 nitrogen and oxygen atoms in total. The van der Waals surface area contributed by atoms with E-state index < -0.39 is 19.5 Å². The van der Waals surface area contributed by atoms with Gasteiger partial charge in [0.05, 0.1) is 18.6 Å². The summed E-state index contributed by atoms with van der Waals surface area (Å²) in [5, 5.41) is 12.0. The molecular formula is C21H29NO4Si. The van der Waals surface area contributed by atoms with Gasteiger partial charge in [-0.1, -0.05) is 6.07 Å². The minimum atomic E-state index is -1.83. The smallest absolute Gasteiger partial charge is 0.241 e. The van der Waals surface area contributed by atoms with Gasteiger partial charge < -0.3 is 23.9 Å². The molecule has 0 radical (unpaired) electrons. The molecule has 3 unspecified atom stereocenters. The zero-order valence-corrected chi connectivity index (χ0v) is 17.8. The number of nitrogens with zero attached hydrogens (tertiary/aromatic N) is 1. The molecule has 6 heteroatoms. The first-order valence-electron chi connectivity index (χ1n) is 9.91. The van der Waals surface area contributed by atoms with E-state index in [0.717, 1.165) is 42.2 Å². The predicted octanol–water partition coefficient (Wildman–Crippen LogP) is 3.04. The van der Waals surface area contributed by atoms with E-state index in [1.165, 1.54) is 5.56 Å². The summed E-state index contributed by atoms with van der Waals surface area (Å²) in [5.74, 6) is 2.39. The van der Waals surface area contributed by atoms with Crippen molar-refractivity contribution < 1.29 is 19.0 Å². The fraction of sp³-hybridized carbons (Fsp3) is 0.619. The molecule has 1 N–H and O–H groups in total. The molecule has 1 fully saturated rings. The molecule has 2 aliphatic carbocycles. The second kappa shape index (κ2) is 5.30. The Labute approximate surface area is 162 Å². The third-order valence-electron chi connectivity index (χ3n) is 6.82.